The molecule has 4 heteroatoms. The predicted molar refractivity (Wildman–Crippen MR) is 87.0 cm³/mol. The maximum atomic E-state index is 11.6. The van der Waals surface area contributed by atoms with Crippen molar-refractivity contribution in [1.29, 1.82) is 0 Å². The molecule has 0 unspecified atom stereocenters. The van der Waals surface area contributed by atoms with Crippen molar-refractivity contribution >= 4 is 24.1 Å². The van der Waals surface area contributed by atoms with Gasteiger partial charge in [-0.15, -0.1) is 0 Å². The summed E-state index contributed by atoms with van der Waals surface area (Å²) in [6.07, 6.45) is 6.15. The van der Waals surface area contributed by atoms with E-state index in [2.05, 4.69) is 0 Å². The minimum atomic E-state index is -0.497. The molecule has 0 spiro atoms. The standard InChI is InChI=1S/C18H22O4/c1-5-21-16(19)12-10-14-6-8-15(9-7-14)11-13-17(20)22-18(2,3)4/h6-13H,5H2,1-4H3. The molecule has 0 saturated heterocycles. The first-order chi connectivity index (χ1) is 10.3. The average Bonchev–Trinajstić information content (AvgIpc) is 2.42. The van der Waals surface area contributed by atoms with Crippen LogP contribution < -0.4 is 0 Å². The maximum Gasteiger partial charge on any atom is 0.331 e. The molecule has 0 aromatic heterocycles. The maximum absolute atomic E-state index is 11.6. The molecule has 118 valence electrons. The smallest absolute Gasteiger partial charge is 0.331 e. The van der Waals surface area contributed by atoms with Crippen molar-refractivity contribution in [3.05, 3.63) is 47.5 Å². The third-order valence-electron chi connectivity index (χ3n) is 2.45. The van der Waals surface area contributed by atoms with Crippen LogP contribution in [0.3, 0.4) is 0 Å². The summed E-state index contributed by atoms with van der Waals surface area (Å²) in [6.45, 7) is 7.59. The molecule has 0 radical (unpaired) electrons. The number of rotatable bonds is 5. The number of carbonyl (C=O) groups excluding carboxylic acids is 2. The quantitative estimate of drug-likeness (QED) is 0.616. The Morgan fingerprint density at radius 3 is 1.82 bits per heavy atom. The molecule has 0 saturated carbocycles. The summed E-state index contributed by atoms with van der Waals surface area (Å²) in [5.41, 5.74) is 1.25. The largest absolute Gasteiger partial charge is 0.463 e. The Labute approximate surface area is 131 Å². The Kier molecular flexibility index (Phi) is 6.57. The van der Waals surface area contributed by atoms with Crippen molar-refractivity contribution in [2.75, 3.05) is 6.61 Å². The molecule has 1 aromatic rings. The molecule has 0 heterocycles. The molecule has 4 nitrogen and oxygen atoms in total. The van der Waals surface area contributed by atoms with Crippen LogP contribution in [0.2, 0.25) is 0 Å². The first kappa shape index (κ1) is 17.7. The average molecular weight is 302 g/mol. The van der Waals surface area contributed by atoms with Gasteiger partial charge in [-0.2, -0.15) is 0 Å². The highest BCUT2D eigenvalue weighted by Crippen LogP contribution is 2.10. The highest BCUT2D eigenvalue weighted by atomic mass is 16.6. The van der Waals surface area contributed by atoms with Crippen LogP contribution in [0.15, 0.2) is 36.4 Å². The molecule has 1 rings (SSSR count). The second-order valence-electron chi connectivity index (χ2n) is 5.62. The lowest BCUT2D eigenvalue weighted by Gasteiger charge is -2.17. The minimum Gasteiger partial charge on any atom is -0.463 e. The summed E-state index contributed by atoms with van der Waals surface area (Å²) < 4.78 is 9.99. The summed E-state index contributed by atoms with van der Waals surface area (Å²) in [5.74, 6) is -0.741. The van der Waals surface area contributed by atoms with Gasteiger partial charge in [-0.25, -0.2) is 9.59 Å². The fraction of sp³-hybridized carbons (Fsp3) is 0.333. The topological polar surface area (TPSA) is 52.6 Å². The van der Waals surface area contributed by atoms with Gasteiger partial charge in [0.2, 0.25) is 0 Å². The van der Waals surface area contributed by atoms with Crippen LogP contribution in [0.5, 0.6) is 0 Å². The summed E-state index contributed by atoms with van der Waals surface area (Å²) in [4.78, 5) is 22.8. The summed E-state index contributed by atoms with van der Waals surface area (Å²) in [7, 11) is 0. The Hall–Kier alpha value is -2.36. The third-order valence-corrected chi connectivity index (χ3v) is 2.45. The molecule has 0 aliphatic carbocycles. The molecule has 0 fully saturated rings. The van der Waals surface area contributed by atoms with Crippen LogP contribution in [0.4, 0.5) is 0 Å². The highest BCUT2D eigenvalue weighted by molar-refractivity contribution is 5.88. The van der Waals surface area contributed by atoms with Crippen molar-refractivity contribution in [3.8, 4) is 0 Å². The Morgan fingerprint density at radius 1 is 0.955 bits per heavy atom. The van der Waals surface area contributed by atoms with Crippen LogP contribution in [-0.4, -0.2) is 24.1 Å². The molecule has 0 atom stereocenters. The van der Waals surface area contributed by atoms with E-state index in [1.165, 1.54) is 12.2 Å². The lowest BCUT2D eigenvalue weighted by atomic mass is 10.1. The van der Waals surface area contributed by atoms with Crippen molar-refractivity contribution in [2.24, 2.45) is 0 Å². The SMILES string of the molecule is CCOC(=O)C=Cc1ccc(C=CC(=O)OC(C)(C)C)cc1. The van der Waals surface area contributed by atoms with Crippen molar-refractivity contribution < 1.29 is 19.1 Å². The number of ether oxygens (including phenoxy) is 2. The van der Waals surface area contributed by atoms with Crippen LogP contribution >= 0.6 is 0 Å². The van der Waals surface area contributed by atoms with Crippen LogP contribution in [0.1, 0.15) is 38.8 Å². The first-order valence-corrected chi connectivity index (χ1v) is 7.16. The van der Waals surface area contributed by atoms with Gasteiger partial charge < -0.3 is 9.47 Å². The van der Waals surface area contributed by atoms with E-state index in [1.807, 2.05) is 45.0 Å². The lowest BCUT2D eigenvalue weighted by Crippen LogP contribution is -2.22. The van der Waals surface area contributed by atoms with Gasteiger partial charge in [0.15, 0.2) is 0 Å². The zero-order chi connectivity index (χ0) is 16.6. The Morgan fingerprint density at radius 2 is 1.41 bits per heavy atom. The predicted octanol–water partition coefficient (Wildman–Crippen LogP) is 3.62. The lowest BCUT2D eigenvalue weighted by molar-refractivity contribution is -0.148. The number of carbonyl (C=O) groups is 2. The fourth-order valence-electron chi connectivity index (χ4n) is 1.57. The van der Waals surface area contributed by atoms with E-state index in [1.54, 1.807) is 19.1 Å². The van der Waals surface area contributed by atoms with Crippen LogP contribution in [0.25, 0.3) is 12.2 Å². The van der Waals surface area contributed by atoms with Gasteiger partial charge in [0, 0.05) is 12.2 Å². The van der Waals surface area contributed by atoms with Gasteiger partial charge in [0.25, 0.3) is 0 Å². The van der Waals surface area contributed by atoms with Crippen molar-refractivity contribution in [3.63, 3.8) is 0 Å². The van der Waals surface area contributed by atoms with Crippen molar-refractivity contribution in [2.45, 2.75) is 33.3 Å². The molecule has 0 amide bonds. The number of hydrogen-bond acceptors (Lipinski definition) is 4. The van der Waals surface area contributed by atoms with Crippen LogP contribution in [0, 0.1) is 0 Å². The van der Waals surface area contributed by atoms with Crippen LogP contribution in [-0.2, 0) is 19.1 Å². The minimum absolute atomic E-state index is 0.359. The molecule has 1 aromatic carbocycles. The van der Waals surface area contributed by atoms with Gasteiger partial charge in [-0.3, -0.25) is 0 Å². The van der Waals surface area contributed by atoms with E-state index in [9.17, 15) is 9.59 Å². The van der Waals surface area contributed by atoms with Gasteiger partial charge >= 0.3 is 11.9 Å². The molecule has 0 aliphatic heterocycles. The number of esters is 2. The number of benzene rings is 1. The zero-order valence-corrected chi connectivity index (χ0v) is 13.5. The van der Waals surface area contributed by atoms with E-state index in [0.29, 0.717) is 6.61 Å². The zero-order valence-electron chi connectivity index (χ0n) is 13.5. The molecule has 0 bridgehead atoms. The third kappa shape index (κ3) is 7.43. The van der Waals surface area contributed by atoms with E-state index in [0.717, 1.165) is 11.1 Å². The fourth-order valence-corrected chi connectivity index (χ4v) is 1.57. The monoisotopic (exact) mass is 302 g/mol. The molecule has 22 heavy (non-hydrogen) atoms. The normalized spacial score (nSPS) is 11.8. The highest BCUT2D eigenvalue weighted by Gasteiger charge is 2.13. The Bertz CT molecular complexity index is 560. The van der Waals surface area contributed by atoms with E-state index < -0.39 is 5.60 Å². The van der Waals surface area contributed by atoms with Gasteiger partial charge in [0.1, 0.15) is 5.60 Å². The van der Waals surface area contributed by atoms with E-state index >= 15 is 0 Å². The number of hydrogen-bond donors (Lipinski definition) is 0. The van der Waals surface area contributed by atoms with Gasteiger partial charge in [-0.05, 0) is 51.0 Å². The Balaban J connectivity index is 2.62. The van der Waals surface area contributed by atoms with Crippen molar-refractivity contribution in [1.82, 2.24) is 0 Å². The summed E-state index contributed by atoms with van der Waals surface area (Å²) in [5, 5.41) is 0. The summed E-state index contributed by atoms with van der Waals surface area (Å²) in [6, 6.07) is 7.41. The second-order valence-corrected chi connectivity index (χ2v) is 5.62. The van der Waals surface area contributed by atoms with E-state index in [4.69, 9.17) is 9.47 Å². The molecule has 0 N–H and O–H groups in total. The molecule has 0 aliphatic rings. The van der Waals surface area contributed by atoms with Gasteiger partial charge in [0.05, 0.1) is 6.61 Å². The van der Waals surface area contributed by atoms with Gasteiger partial charge in [-0.1, -0.05) is 24.3 Å². The molecular formula is C18H22O4. The summed E-state index contributed by atoms with van der Waals surface area (Å²) >= 11 is 0. The first-order valence-electron chi connectivity index (χ1n) is 7.16. The van der Waals surface area contributed by atoms with E-state index in [-0.39, 0.29) is 11.9 Å². The second kappa shape index (κ2) is 8.17. The molecular weight excluding hydrogens is 280 g/mol.